The van der Waals surface area contributed by atoms with Crippen molar-refractivity contribution in [2.75, 3.05) is 25.6 Å². The van der Waals surface area contributed by atoms with Gasteiger partial charge in [-0.25, -0.2) is 0 Å². The van der Waals surface area contributed by atoms with E-state index in [4.69, 9.17) is 16.3 Å². The molecule has 2 N–H and O–H groups in total. The summed E-state index contributed by atoms with van der Waals surface area (Å²) >= 11 is 5.58. The Morgan fingerprint density at radius 2 is 2.22 bits per heavy atom. The number of rotatable bonds is 4. The minimum absolute atomic E-state index is 0.0373. The Balaban J connectivity index is 1.71. The van der Waals surface area contributed by atoms with Gasteiger partial charge in [0.2, 0.25) is 5.91 Å². The lowest BCUT2D eigenvalue weighted by atomic mass is 9.81. The predicted molar refractivity (Wildman–Crippen MR) is 71.9 cm³/mol. The summed E-state index contributed by atoms with van der Waals surface area (Å²) in [5, 5.41) is 6.50. The molecule has 2 fully saturated rings. The van der Waals surface area contributed by atoms with E-state index in [1.165, 1.54) is 0 Å². The number of alkyl halides is 1. The van der Waals surface area contributed by atoms with Gasteiger partial charge in [0.15, 0.2) is 0 Å². The van der Waals surface area contributed by atoms with Crippen LogP contribution in [0.15, 0.2) is 0 Å². The molecule has 0 aromatic rings. The lowest BCUT2D eigenvalue weighted by Crippen LogP contribution is -2.53. The van der Waals surface area contributed by atoms with Crippen molar-refractivity contribution in [3.63, 3.8) is 0 Å². The molecule has 1 aliphatic heterocycles. The van der Waals surface area contributed by atoms with Crippen LogP contribution in [0.1, 0.15) is 38.5 Å². The molecule has 1 amide bonds. The first kappa shape index (κ1) is 14.1. The van der Waals surface area contributed by atoms with Gasteiger partial charge in [0, 0.05) is 31.4 Å². The second-order valence-electron chi connectivity index (χ2n) is 5.34. The summed E-state index contributed by atoms with van der Waals surface area (Å²) in [7, 11) is 0. The highest BCUT2D eigenvalue weighted by atomic mass is 35.5. The molecule has 104 valence electrons. The fourth-order valence-electron chi connectivity index (χ4n) is 2.84. The Labute approximate surface area is 114 Å². The first-order valence-electron chi connectivity index (χ1n) is 6.94. The van der Waals surface area contributed by atoms with Crippen LogP contribution in [0.4, 0.5) is 0 Å². The van der Waals surface area contributed by atoms with Crippen molar-refractivity contribution in [3.8, 4) is 0 Å². The first-order valence-corrected chi connectivity index (χ1v) is 7.48. The molecule has 0 atom stereocenters. The van der Waals surface area contributed by atoms with Gasteiger partial charge >= 0.3 is 0 Å². The van der Waals surface area contributed by atoms with Gasteiger partial charge in [0.05, 0.1) is 12.2 Å². The predicted octanol–water partition coefficient (Wildman–Crippen LogP) is 1.42. The monoisotopic (exact) mass is 274 g/mol. The average molecular weight is 275 g/mol. The van der Waals surface area contributed by atoms with Gasteiger partial charge in [-0.2, -0.15) is 0 Å². The molecule has 5 heteroatoms. The molecule has 1 spiro atoms. The molecule has 1 heterocycles. The summed E-state index contributed by atoms with van der Waals surface area (Å²) in [6.07, 6.45) is 5.43. The molecular formula is C13H23ClN2O2. The van der Waals surface area contributed by atoms with E-state index in [2.05, 4.69) is 10.6 Å². The van der Waals surface area contributed by atoms with Crippen LogP contribution in [0.5, 0.6) is 0 Å². The third kappa shape index (κ3) is 3.84. The van der Waals surface area contributed by atoms with Crippen LogP contribution in [0.2, 0.25) is 0 Å². The lowest BCUT2D eigenvalue weighted by molar-refractivity contribution is -0.123. The SMILES string of the molecule is O=C(CCCCl)NC1CCC2(CC1)CNCCO2. The molecule has 2 rings (SSSR count). The number of halogens is 1. The summed E-state index contributed by atoms with van der Waals surface area (Å²) in [4.78, 5) is 11.6. The second kappa shape index (κ2) is 6.73. The minimum Gasteiger partial charge on any atom is -0.372 e. The summed E-state index contributed by atoms with van der Waals surface area (Å²) in [5.74, 6) is 0.694. The smallest absolute Gasteiger partial charge is 0.220 e. The fourth-order valence-corrected chi connectivity index (χ4v) is 2.98. The van der Waals surface area contributed by atoms with Gasteiger partial charge < -0.3 is 15.4 Å². The molecule has 0 radical (unpaired) electrons. The minimum atomic E-state index is 0.0373. The van der Waals surface area contributed by atoms with Gasteiger partial charge in [-0.3, -0.25) is 4.79 Å². The zero-order valence-electron chi connectivity index (χ0n) is 10.8. The van der Waals surface area contributed by atoms with E-state index >= 15 is 0 Å². The number of ether oxygens (including phenoxy) is 1. The van der Waals surface area contributed by atoms with E-state index < -0.39 is 0 Å². The second-order valence-corrected chi connectivity index (χ2v) is 5.72. The summed E-state index contributed by atoms with van der Waals surface area (Å²) < 4.78 is 5.93. The third-order valence-corrected chi connectivity index (χ3v) is 4.20. The Bertz CT molecular complexity index is 270. The van der Waals surface area contributed by atoms with Crippen molar-refractivity contribution < 1.29 is 9.53 Å². The van der Waals surface area contributed by atoms with E-state index in [-0.39, 0.29) is 11.5 Å². The zero-order chi connectivity index (χ0) is 12.8. The van der Waals surface area contributed by atoms with Gasteiger partial charge in [-0.15, -0.1) is 11.6 Å². The summed E-state index contributed by atoms with van der Waals surface area (Å²) in [6.45, 7) is 2.73. The van der Waals surface area contributed by atoms with Crippen molar-refractivity contribution in [2.45, 2.75) is 50.2 Å². The maximum absolute atomic E-state index is 11.6. The molecule has 0 bridgehead atoms. The maximum Gasteiger partial charge on any atom is 0.220 e. The molecule has 4 nitrogen and oxygen atoms in total. The van der Waals surface area contributed by atoms with Gasteiger partial charge in [-0.1, -0.05) is 0 Å². The van der Waals surface area contributed by atoms with Crippen LogP contribution in [0.3, 0.4) is 0 Å². The lowest BCUT2D eigenvalue weighted by Gasteiger charge is -2.43. The van der Waals surface area contributed by atoms with E-state index in [1.807, 2.05) is 0 Å². The number of hydrogen-bond acceptors (Lipinski definition) is 3. The quantitative estimate of drug-likeness (QED) is 0.763. The number of hydrogen-bond donors (Lipinski definition) is 2. The Morgan fingerprint density at radius 3 is 2.83 bits per heavy atom. The highest BCUT2D eigenvalue weighted by Crippen LogP contribution is 2.32. The van der Waals surface area contributed by atoms with Crippen molar-refractivity contribution in [2.24, 2.45) is 0 Å². The molecule has 1 aliphatic carbocycles. The van der Waals surface area contributed by atoms with Gasteiger partial charge in [-0.05, 0) is 32.1 Å². The molecule has 0 aromatic carbocycles. The number of nitrogens with one attached hydrogen (secondary N) is 2. The molecule has 0 unspecified atom stereocenters. The van der Waals surface area contributed by atoms with Crippen molar-refractivity contribution in [1.82, 2.24) is 10.6 Å². The van der Waals surface area contributed by atoms with Crippen LogP contribution < -0.4 is 10.6 Å². The summed E-state index contributed by atoms with van der Waals surface area (Å²) in [6, 6.07) is 0.323. The topological polar surface area (TPSA) is 50.4 Å². The Morgan fingerprint density at radius 1 is 1.44 bits per heavy atom. The highest BCUT2D eigenvalue weighted by molar-refractivity contribution is 6.17. The standard InChI is InChI=1S/C13H23ClN2O2/c14-7-1-2-12(17)16-11-3-5-13(6-4-11)10-15-8-9-18-13/h11,15H,1-10H2,(H,16,17). The fraction of sp³-hybridized carbons (Fsp3) is 0.923. The van der Waals surface area contributed by atoms with Crippen LogP contribution in [0, 0.1) is 0 Å². The maximum atomic E-state index is 11.6. The number of amides is 1. The van der Waals surface area contributed by atoms with Gasteiger partial charge in [0.25, 0.3) is 0 Å². The molecule has 1 saturated carbocycles. The number of carbonyl (C=O) groups is 1. The van der Waals surface area contributed by atoms with E-state index in [9.17, 15) is 4.79 Å². The molecule has 18 heavy (non-hydrogen) atoms. The molecule has 0 aromatic heterocycles. The van der Waals surface area contributed by atoms with Crippen molar-refractivity contribution in [3.05, 3.63) is 0 Å². The highest BCUT2D eigenvalue weighted by Gasteiger charge is 2.37. The van der Waals surface area contributed by atoms with E-state index in [1.54, 1.807) is 0 Å². The summed E-state index contributed by atoms with van der Waals surface area (Å²) in [5.41, 5.74) is 0.0373. The Kier molecular flexibility index (Phi) is 5.27. The van der Waals surface area contributed by atoms with Crippen LogP contribution in [0.25, 0.3) is 0 Å². The van der Waals surface area contributed by atoms with Crippen LogP contribution in [-0.4, -0.2) is 43.1 Å². The van der Waals surface area contributed by atoms with Crippen molar-refractivity contribution >= 4 is 17.5 Å². The van der Waals surface area contributed by atoms with E-state index in [0.29, 0.717) is 18.3 Å². The molecule has 2 aliphatic rings. The van der Waals surface area contributed by atoms with Crippen LogP contribution >= 0.6 is 11.6 Å². The van der Waals surface area contributed by atoms with E-state index in [0.717, 1.165) is 51.8 Å². The Hall–Kier alpha value is -0.320. The molecular weight excluding hydrogens is 252 g/mol. The molecule has 1 saturated heterocycles. The first-order chi connectivity index (χ1) is 8.74. The number of morpholine rings is 1. The largest absolute Gasteiger partial charge is 0.372 e. The zero-order valence-corrected chi connectivity index (χ0v) is 11.6. The third-order valence-electron chi connectivity index (χ3n) is 3.93. The number of carbonyl (C=O) groups excluding carboxylic acids is 1. The van der Waals surface area contributed by atoms with Gasteiger partial charge in [0.1, 0.15) is 0 Å². The normalized spacial score (nSPS) is 32.4. The van der Waals surface area contributed by atoms with Crippen molar-refractivity contribution in [1.29, 1.82) is 0 Å². The average Bonchev–Trinajstić information content (AvgIpc) is 2.40. The van der Waals surface area contributed by atoms with Crippen LogP contribution in [-0.2, 0) is 9.53 Å².